The first-order valence-electron chi connectivity index (χ1n) is 10.4. The number of primary amides is 1. The topological polar surface area (TPSA) is 133 Å². The Hall–Kier alpha value is -2.42. The maximum atomic E-state index is 12.1. The van der Waals surface area contributed by atoms with Crippen molar-refractivity contribution in [2.24, 2.45) is 11.7 Å². The van der Waals surface area contributed by atoms with Crippen LogP contribution >= 0.6 is 0 Å². The monoisotopic (exact) mass is 404 g/mol. The van der Waals surface area contributed by atoms with Crippen LogP contribution in [0.15, 0.2) is 6.20 Å². The molecule has 2 atom stereocenters. The molecule has 0 saturated heterocycles. The number of amides is 2. The summed E-state index contributed by atoms with van der Waals surface area (Å²) in [6.07, 6.45) is 7.76. The van der Waals surface area contributed by atoms with E-state index < -0.39 is 5.91 Å². The highest BCUT2D eigenvalue weighted by atomic mass is 16.3. The van der Waals surface area contributed by atoms with Crippen molar-refractivity contribution >= 4 is 23.6 Å². The molecule has 0 unspecified atom stereocenters. The van der Waals surface area contributed by atoms with Gasteiger partial charge in [-0.2, -0.15) is 4.98 Å². The number of anilines is 2. The number of hydrogen-bond acceptors (Lipinski definition) is 7. The van der Waals surface area contributed by atoms with E-state index >= 15 is 0 Å². The summed E-state index contributed by atoms with van der Waals surface area (Å²) in [6, 6.07) is 0.233. The molecule has 0 radical (unpaired) electrons. The van der Waals surface area contributed by atoms with Gasteiger partial charge in [0.2, 0.25) is 11.9 Å². The Bertz CT molecular complexity index is 733. The van der Waals surface area contributed by atoms with Gasteiger partial charge in [0.1, 0.15) is 5.82 Å². The summed E-state index contributed by atoms with van der Waals surface area (Å²) < 4.78 is 0. The summed E-state index contributed by atoms with van der Waals surface area (Å²) >= 11 is 0. The predicted octanol–water partition coefficient (Wildman–Crippen LogP) is 1.35. The fourth-order valence-electron chi connectivity index (χ4n) is 4.26. The van der Waals surface area contributed by atoms with Gasteiger partial charge in [0.15, 0.2) is 0 Å². The standard InChI is InChI=1S/C20H32N6O3/c1-26(2)19(29)12-6-8-13(9-7-12)24-20-22-11-16(17(21)28)18(25-20)23-14-4-3-5-15(27)10-14/h11-15,27H,3-10H2,1-2H3,(H2,21,28)(H2,22,23,24,25)/t12?,13?,14-,15+/m1/s1. The fraction of sp³-hybridized carbons (Fsp3) is 0.700. The summed E-state index contributed by atoms with van der Waals surface area (Å²) in [4.78, 5) is 34.3. The Balaban J connectivity index is 1.64. The van der Waals surface area contributed by atoms with Crippen LogP contribution in [0.3, 0.4) is 0 Å². The van der Waals surface area contributed by atoms with E-state index in [4.69, 9.17) is 5.73 Å². The maximum absolute atomic E-state index is 12.1. The molecule has 29 heavy (non-hydrogen) atoms. The van der Waals surface area contributed by atoms with Crippen LogP contribution in [-0.2, 0) is 4.79 Å². The molecular weight excluding hydrogens is 372 g/mol. The number of nitrogens with zero attached hydrogens (tertiary/aromatic N) is 3. The summed E-state index contributed by atoms with van der Waals surface area (Å²) in [5.41, 5.74) is 5.73. The van der Waals surface area contributed by atoms with Crippen LogP contribution in [0.5, 0.6) is 0 Å². The van der Waals surface area contributed by atoms with Gasteiger partial charge >= 0.3 is 0 Å². The number of aliphatic hydroxyl groups is 1. The van der Waals surface area contributed by atoms with Crippen LogP contribution in [0, 0.1) is 5.92 Å². The maximum Gasteiger partial charge on any atom is 0.254 e. The van der Waals surface area contributed by atoms with Gasteiger partial charge in [-0.15, -0.1) is 0 Å². The lowest BCUT2D eigenvalue weighted by Gasteiger charge is -2.30. The number of carbonyl (C=O) groups is 2. The Morgan fingerprint density at radius 1 is 1.10 bits per heavy atom. The van der Waals surface area contributed by atoms with Crippen molar-refractivity contribution in [1.82, 2.24) is 14.9 Å². The Kier molecular flexibility index (Phi) is 6.89. The molecule has 9 nitrogen and oxygen atoms in total. The lowest BCUT2D eigenvalue weighted by Crippen LogP contribution is -2.35. The van der Waals surface area contributed by atoms with E-state index in [1.807, 2.05) is 0 Å². The van der Waals surface area contributed by atoms with Crippen molar-refractivity contribution < 1.29 is 14.7 Å². The van der Waals surface area contributed by atoms with Crippen LogP contribution in [0.2, 0.25) is 0 Å². The van der Waals surface area contributed by atoms with Gasteiger partial charge < -0.3 is 26.4 Å². The highest BCUT2D eigenvalue weighted by Gasteiger charge is 2.28. The van der Waals surface area contributed by atoms with E-state index in [2.05, 4.69) is 20.6 Å². The largest absolute Gasteiger partial charge is 0.393 e. The molecule has 3 rings (SSSR count). The van der Waals surface area contributed by atoms with Gasteiger partial charge in [-0.25, -0.2) is 4.98 Å². The number of carbonyl (C=O) groups excluding carboxylic acids is 2. The van der Waals surface area contributed by atoms with Crippen molar-refractivity contribution in [2.75, 3.05) is 24.7 Å². The number of rotatable bonds is 6. The lowest BCUT2D eigenvalue weighted by molar-refractivity contribution is -0.133. The van der Waals surface area contributed by atoms with Crippen LogP contribution < -0.4 is 16.4 Å². The van der Waals surface area contributed by atoms with E-state index in [0.717, 1.165) is 44.9 Å². The van der Waals surface area contributed by atoms with E-state index in [1.54, 1.807) is 19.0 Å². The van der Waals surface area contributed by atoms with Crippen LogP contribution in [0.1, 0.15) is 61.7 Å². The molecule has 160 valence electrons. The van der Waals surface area contributed by atoms with Crippen LogP contribution in [0.25, 0.3) is 0 Å². The van der Waals surface area contributed by atoms with Crippen molar-refractivity contribution in [3.05, 3.63) is 11.8 Å². The highest BCUT2D eigenvalue weighted by molar-refractivity contribution is 5.97. The molecule has 2 fully saturated rings. The summed E-state index contributed by atoms with van der Waals surface area (Å²) in [5.74, 6) is 0.530. The molecule has 1 aromatic rings. The minimum absolute atomic E-state index is 0.0482. The lowest BCUT2D eigenvalue weighted by atomic mass is 9.85. The fourth-order valence-corrected chi connectivity index (χ4v) is 4.26. The van der Waals surface area contributed by atoms with E-state index in [-0.39, 0.29) is 35.6 Å². The molecule has 2 aliphatic rings. The number of aromatic nitrogens is 2. The molecule has 0 aromatic carbocycles. The summed E-state index contributed by atoms with van der Waals surface area (Å²) in [5, 5.41) is 16.5. The first kappa shape index (κ1) is 21.3. The van der Waals surface area contributed by atoms with Gasteiger partial charge in [0.25, 0.3) is 5.91 Å². The molecule has 5 N–H and O–H groups in total. The molecule has 0 aliphatic heterocycles. The average molecular weight is 405 g/mol. The average Bonchev–Trinajstić information content (AvgIpc) is 2.68. The second-order valence-corrected chi connectivity index (χ2v) is 8.41. The minimum atomic E-state index is -0.585. The van der Waals surface area contributed by atoms with Gasteiger partial charge in [0.05, 0.1) is 11.7 Å². The van der Waals surface area contributed by atoms with Gasteiger partial charge in [-0.3, -0.25) is 9.59 Å². The molecule has 2 saturated carbocycles. The molecule has 2 amide bonds. The normalized spacial score (nSPS) is 27.1. The number of nitrogens with two attached hydrogens (primary N) is 1. The van der Waals surface area contributed by atoms with Gasteiger partial charge in [-0.1, -0.05) is 0 Å². The zero-order valence-corrected chi connectivity index (χ0v) is 17.2. The van der Waals surface area contributed by atoms with Crippen molar-refractivity contribution in [2.45, 2.75) is 69.6 Å². The number of aliphatic hydroxyl groups excluding tert-OH is 1. The molecular formula is C20H32N6O3. The third-order valence-electron chi connectivity index (χ3n) is 5.89. The molecule has 1 heterocycles. The van der Waals surface area contributed by atoms with Crippen molar-refractivity contribution in [1.29, 1.82) is 0 Å². The Morgan fingerprint density at radius 3 is 2.45 bits per heavy atom. The summed E-state index contributed by atoms with van der Waals surface area (Å²) in [7, 11) is 3.58. The first-order chi connectivity index (χ1) is 13.8. The van der Waals surface area contributed by atoms with E-state index in [9.17, 15) is 14.7 Å². The number of nitrogens with one attached hydrogen (secondary N) is 2. The smallest absolute Gasteiger partial charge is 0.254 e. The molecule has 2 aliphatic carbocycles. The van der Waals surface area contributed by atoms with Crippen molar-refractivity contribution in [3.63, 3.8) is 0 Å². The quantitative estimate of drug-likeness (QED) is 0.562. The zero-order chi connectivity index (χ0) is 21.0. The SMILES string of the molecule is CN(C)C(=O)C1CCC(Nc2ncc(C(N)=O)c(N[C@@H]3CCC[C@H](O)C3)n2)CC1. The molecule has 1 aromatic heterocycles. The predicted molar refractivity (Wildman–Crippen MR) is 110 cm³/mol. The zero-order valence-electron chi connectivity index (χ0n) is 17.2. The Morgan fingerprint density at radius 2 is 1.83 bits per heavy atom. The van der Waals surface area contributed by atoms with Crippen LogP contribution in [-0.4, -0.2) is 64.1 Å². The first-order valence-corrected chi connectivity index (χ1v) is 10.4. The van der Waals surface area contributed by atoms with Gasteiger partial charge in [0, 0.05) is 38.3 Å². The Labute approximate surface area is 171 Å². The second-order valence-electron chi connectivity index (χ2n) is 8.41. The minimum Gasteiger partial charge on any atom is -0.393 e. The summed E-state index contributed by atoms with van der Waals surface area (Å²) in [6.45, 7) is 0. The highest BCUT2D eigenvalue weighted by Crippen LogP contribution is 2.28. The molecule has 9 heteroatoms. The number of hydrogen-bond donors (Lipinski definition) is 4. The molecule has 0 spiro atoms. The molecule has 0 bridgehead atoms. The second kappa shape index (κ2) is 9.39. The van der Waals surface area contributed by atoms with E-state index in [0.29, 0.717) is 18.2 Å². The van der Waals surface area contributed by atoms with Crippen molar-refractivity contribution in [3.8, 4) is 0 Å². The van der Waals surface area contributed by atoms with Crippen LogP contribution in [0.4, 0.5) is 11.8 Å². The van der Waals surface area contributed by atoms with Gasteiger partial charge in [-0.05, 0) is 51.4 Å². The van der Waals surface area contributed by atoms with E-state index in [1.165, 1.54) is 6.20 Å². The third kappa shape index (κ3) is 5.56. The third-order valence-corrected chi connectivity index (χ3v) is 5.89.